The van der Waals surface area contributed by atoms with Crippen LogP contribution >= 0.6 is 0 Å². The van der Waals surface area contributed by atoms with Crippen LogP contribution in [0.1, 0.15) is 23.6 Å². The molecule has 156 valence electrons. The van der Waals surface area contributed by atoms with Crippen molar-refractivity contribution in [1.82, 2.24) is 19.7 Å². The van der Waals surface area contributed by atoms with Crippen molar-refractivity contribution in [3.05, 3.63) is 71.8 Å². The van der Waals surface area contributed by atoms with Gasteiger partial charge < -0.3 is 4.74 Å². The lowest BCUT2D eigenvalue weighted by atomic mass is 10.1. The average molecular weight is 426 g/mol. The molecule has 2 N–H and O–H groups in total. The van der Waals surface area contributed by atoms with E-state index in [1.165, 1.54) is 12.1 Å². The fraction of sp³-hybridized carbons (Fsp3) is 0.333. The summed E-state index contributed by atoms with van der Waals surface area (Å²) in [5, 5.41) is 9.98. The third-order valence-corrected chi connectivity index (χ3v) is 6.62. The molecule has 2 fully saturated rings. The van der Waals surface area contributed by atoms with Crippen LogP contribution in [0.5, 0.6) is 0 Å². The maximum atomic E-state index is 11.6. The first-order valence-electron chi connectivity index (χ1n) is 9.93. The molecule has 0 saturated carbocycles. The molecule has 30 heavy (non-hydrogen) atoms. The minimum absolute atomic E-state index is 0.0734. The number of sulfonamides is 1. The van der Waals surface area contributed by atoms with Gasteiger partial charge in [-0.25, -0.2) is 23.2 Å². The Hall–Kier alpha value is -2.59. The van der Waals surface area contributed by atoms with Gasteiger partial charge in [0.15, 0.2) is 5.82 Å². The van der Waals surface area contributed by atoms with E-state index < -0.39 is 10.0 Å². The first-order chi connectivity index (χ1) is 14.5. The summed E-state index contributed by atoms with van der Waals surface area (Å²) in [6.07, 6.45) is 2.03. The molecule has 2 saturated heterocycles. The maximum absolute atomic E-state index is 11.6. The number of likely N-dealkylation sites (tertiary alicyclic amines) is 1. The van der Waals surface area contributed by atoms with Gasteiger partial charge in [-0.2, -0.15) is 0 Å². The largest absolute Gasteiger partial charge is 0.375 e. The van der Waals surface area contributed by atoms with Crippen molar-refractivity contribution in [2.45, 2.75) is 36.4 Å². The van der Waals surface area contributed by atoms with Gasteiger partial charge in [0.2, 0.25) is 10.0 Å². The van der Waals surface area contributed by atoms with Crippen LogP contribution in [0.2, 0.25) is 0 Å². The molecule has 1 aromatic heterocycles. The predicted octanol–water partition coefficient (Wildman–Crippen LogP) is 1.48. The second-order valence-electron chi connectivity index (χ2n) is 7.83. The molecule has 0 unspecified atom stereocenters. The minimum atomic E-state index is -3.74. The highest BCUT2D eigenvalue weighted by Crippen LogP contribution is 2.29. The molecule has 2 bridgehead atoms. The lowest BCUT2D eigenvalue weighted by molar-refractivity contribution is 0.0263. The summed E-state index contributed by atoms with van der Waals surface area (Å²) in [5.74, 6) is 1.56. The highest BCUT2D eigenvalue weighted by atomic mass is 32.2. The zero-order valence-electron chi connectivity index (χ0n) is 16.4. The molecule has 3 aromatic rings. The van der Waals surface area contributed by atoms with Crippen LogP contribution < -0.4 is 5.14 Å². The van der Waals surface area contributed by atoms with E-state index in [0.29, 0.717) is 25.1 Å². The number of rotatable bonds is 6. The lowest BCUT2D eigenvalue weighted by Crippen LogP contribution is -2.36. The highest BCUT2D eigenvalue weighted by molar-refractivity contribution is 7.89. The van der Waals surface area contributed by atoms with Crippen LogP contribution in [0, 0.1) is 0 Å². The molecule has 2 aliphatic rings. The van der Waals surface area contributed by atoms with Crippen molar-refractivity contribution >= 4 is 10.0 Å². The molecular weight excluding hydrogens is 402 g/mol. The Labute approximate surface area is 175 Å². The number of benzene rings is 2. The number of hydrogen-bond donors (Lipinski definition) is 1. The summed E-state index contributed by atoms with van der Waals surface area (Å²) in [7, 11) is -3.74. The second-order valence-corrected chi connectivity index (χ2v) is 9.39. The zero-order valence-corrected chi connectivity index (χ0v) is 17.2. The Morgan fingerprint density at radius 1 is 1.10 bits per heavy atom. The van der Waals surface area contributed by atoms with E-state index in [2.05, 4.69) is 17.0 Å². The number of primary sulfonamides is 1. The molecular formula is C21H23N5O3S. The van der Waals surface area contributed by atoms with Gasteiger partial charge in [-0.1, -0.05) is 30.3 Å². The smallest absolute Gasteiger partial charge is 0.238 e. The van der Waals surface area contributed by atoms with Crippen molar-refractivity contribution in [3.8, 4) is 5.69 Å². The van der Waals surface area contributed by atoms with E-state index >= 15 is 0 Å². The van der Waals surface area contributed by atoms with Gasteiger partial charge in [0.05, 0.1) is 29.8 Å². The predicted molar refractivity (Wildman–Crippen MR) is 111 cm³/mol. The van der Waals surface area contributed by atoms with Gasteiger partial charge >= 0.3 is 0 Å². The van der Waals surface area contributed by atoms with Gasteiger partial charge in [0, 0.05) is 19.0 Å². The third kappa shape index (κ3) is 3.89. The second kappa shape index (κ2) is 7.59. The van der Waals surface area contributed by atoms with Crippen LogP contribution in [-0.2, 0) is 27.7 Å². The van der Waals surface area contributed by atoms with Crippen molar-refractivity contribution in [3.63, 3.8) is 0 Å². The first-order valence-corrected chi connectivity index (χ1v) is 11.5. The fourth-order valence-corrected chi connectivity index (χ4v) is 4.71. The molecule has 0 radical (unpaired) electrons. The highest BCUT2D eigenvalue weighted by Gasteiger charge is 2.39. The van der Waals surface area contributed by atoms with Crippen LogP contribution in [0.4, 0.5) is 0 Å². The Bertz CT molecular complexity index is 1150. The topological polar surface area (TPSA) is 103 Å². The van der Waals surface area contributed by atoms with Crippen molar-refractivity contribution in [2.24, 2.45) is 5.14 Å². The quantitative estimate of drug-likeness (QED) is 0.642. The number of nitrogens with zero attached hydrogens (tertiary/aromatic N) is 4. The van der Waals surface area contributed by atoms with Crippen LogP contribution in [0.15, 0.2) is 59.5 Å². The summed E-state index contributed by atoms with van der Waals surface area (Å²) >= 11 is 0. The van der Waals surface area contributed by atoms with Crippen LogP contribution in [-0.4, -0.2) is 53.4 Å². The molecule has 0 spiro atoms. The van der Waals surface area contributed by atoms with Gasteiger partial charge in [-0.3, -0.25) is 4.90 Å². The summed E-state index contributed by atoms with van der Waals surface area (Å²) in [6, 6.07) is 16.9. The maximum Gasteiger partial charge on any atom is 0.238 e. The Kier molecular flexibility index (Phi) is 4.90. The van der Waals surface area contributed by atoms with Crippen LogP contribution in [0.3, 0.4) is 0 Å². The molecule has 9 heteroatoms. The molecule has 0 aliphatic carbocycles. The molecule has 8 nitrogen and oxygen atoms in total. The number of fused-ring (bicyclic) bond motifs is 2. The molecule has 2 atom stereocenters. The molecule has 2 aromatic carbocycles. The Morgan fingerprint density at radius 2 is 1.87 bits per heavy atom. The summed E-state index contributed by atoms with van der Waals surface area (Å²) in [4.78, 5) is 7.28. The number of ether oxygens (including phenoxy) is 1. The standard InChI is InChI=1S/C21H23N5O3S/c22-30(27,28)19-8-6-16(7-9-19)26-21(10-15-4-2-1-3-5-15)23-20(24-26)13-25-12-18-11-17(25)14-29-18/h1-9,17-18H,10-14H2,(H2,22,27,28)/t17-,18-/m0/s1. The van der Waals surface area contributed by atoms with Gasteiger partial charge in [0.1, 0.15) is 5.82 Å². The van der Waals surface area contributed by atoms with Crippen LogP contribution in [0.25, 0.3) is 5.69 Å². The Balaban J connectivity index is 1.47. The number of nitrogens with two attached hydrogens (primary N) is 1. The van der Waals surface area contributed by atoms with E-state index in [-0.39, 0.29) is 4.90 Å². The van der Waals surface area contributed by atoms with E-state index in [1.807, 2.05) is 18.2 Å². The number of morpholine rings is 1. The lowest BCUT2D eigenvalue weighted by Gasteiger charge is -2.25. The van der Waals surface area contributed by atoms with E-state index in [4.69, 9.17) is 20.0 Å². The first kappa shape index (κ1) is 19.4. The Morgan fingerprint density at radius 3 is 2.50 bits per heavy atom. The number of aromatic nitrogens is 3. The minimum Gasteiger partial charge on any atom is -0.375 e. The molecule has 0 amide bonds. The fourth-order valence-electron chi connectivity index (χ4n) is 4.19. The van der Waals surface area contributed by atoms with Gasteiger partial charge in [0.25, 0.3) is 0 Å². The molecule has 3 heterocycles. The van der Waals surface area contributed by atoms with E-state index in [0.717, 1.165) is 42.5 Å². The summed E-state index contributed by atoms with van der Waals surface area (Å²) < 4.78 is 30.6. The van der Waals surface area contributed by atoms with Gasteiger partial charge in [-0.05, 0) is 36.2 Å². The van der Waals surface area contributed by atoms with Crippen molar-refractivity contribution in [1.29, 1.82) is 0 Å². The van der Waals surface area contributed by atoms with Gasteiger partial charge in [-0.15, -0.1) is 5.10 Å². The monoisotopic (exact) mass is 425 g/mol. The summed E-state index contributed by atoms with van der Waals surface area (Å²) in [5.41, 5.74) is 1.88. The van der Waals surface area contributed by atoms with Crippen molar-refractivity contribution in [2.75, 3.05) is 13.2 Å². The molecule has 5 rings (SSSR count). The SMILES string of the molecule is NS(=O)(=O)c1ccc(-n2nc(CN3C[C@@H]4C[C@H]3CO4)nc2Cc2ccccc2)cc1. The van der Waals surface area contributed by atoms with E-state index in [9.17, 15) is 8.42 Å². The third-order valence-electron chi connectivity index (χ3n) is 5.69. The summed E-state index contributed by atoms with van der Waals surface area (Å²) in [6.45, 7) is 2.36. The van der Waals surface area contributed by atoms with Crippen molar-refractivity contribution < 1.29 is 13.2 Å². The van der Waals surface area contributed by atoms with E-state index in [1.54, 1.807) is 16.8 Å². The zero-order chi connectivity index (χ0) is 20.7. The normalized spacial score (nSPS) is 21.4. The average Bonchev–Trinajstić information content (AvgIpc) is 3.44. The molecule has 2 aliphatic heterocycles. The number of hydrogen-bond acceptors (Lipinski definition) is 6.